The van der Waals surface area contributed by atoms with Crippen LogP contribution in [0.4, 0.5) is 0 Å². The molecule has 0 saturated carbocycles. The molecule has 1 aromatic carbocycles. The molecule has 0 amide bonds. The van der Waals surface area contributed by atoms with Crippen molar-refractivity contribution in [3.05, 3.63) is 28.2 Å². The van der Waals surface area contributed by atoms with Gasteiger partial charge in [-0.1, -0.05) is 15.9 Å². The molecule has 0 aliphatic carbocycles. The lowest BCUT2D eigenvalue weighted by atomic mass is 10.1. The van der Waals surface area contributed by atoms with Gasteiger partial charge in [0.15, 0.2) is 0 Å². The summed E-state index contributed by atoms with van der Waals surface area (Å²) >= 11 is 3.42. The number of nitrogens with two attached hydrogens (primary N) is 1. The number of hydrogen-bond acceptors (Lipinski definition) is 4. The van der Waals surface area contributed by atoms with Gasteiger partial charge in [-0.05, 0) is 43.5 Å². The van der Waals surface area contributed by atoms with Crippen molar-refractivity contribution in [3.63, 3.8) is 0 Å². The zero-order valence-electron chi connectivity index (χ0n) is 11.2. The fourth-order valence-corrected chi connectivity index (χ4v) is 2.75. The molecule has 1 unspecified atom stereocenters. The first-order valence-corrected chi connectivity index (χ1v) is 8.98. The van der Waals surface area contributed by atoms with E-state index in [0.29, 0.717) is 13.0 Å². The fraction of sp³-hybridized carbons (Fsp3) is 0.538. The molecule has 0 heterocycles. The Morgan fingerprint density at radius 3 is 2.68 bits per heavy atom. The zero-order valence-corrected chi connectivity index (χ0v) is 13.6. The fourth-order valence-electron chi connectivity index (χ4n) is 1.70. The van der Waals surface area contributed by atoms with Crippen LogP contribution in [0.5, 0.6) is 5.75 Å². The molecule has 0 aliphatic heterocycles. The molecule has 0 aromatic heterocycles. The molecule has 0 spiro atoms. The molecule has 6 heteroatoms. The van der Waals surface area contributed by atoms with Crippen molar-refractivity contribution in [2.75, 3.05) is 18.6 Å². The maximum absolute atomic E-state index is 11.0. The van der Waals surface area contributed by atoms with E-state index in [9.17, 15) is 8.42 Å². The molecule has 1 rings (SSSR count). The van der Waals surface area contributed by atoms with E-state index in [-0.39, 0.29) is 11.8 Å². The highest BCUT2D eigenvalue weighted by Crippen LogP contribution is 2.24. The van der Waals surface area contributed by atoms with Crippen LogP contribution >= 0.6 is 15.9 Å². The van der Waals surface area contributed by atoms with Gasteiger partial charge in [0.1, 0.15) is 15.6 Å². The summed E-state index contributed by atoms with van der Waals surface area (Å²) in [5.41, 5.74) is 6.84. The molecule has 1 aromatic rings. The van der Waals surface area contributed by atoms with Crippen LogP contribution in [0.15, 0.2) is 22.7 Å². The van der Waals surface area contributed by atoms with Crippen LogP contribution < -0.4 is 10.5 Å². The van der Waals surface area contributed by atoms with Gasteiger partial charge in [-0.25, -0.2) is 8.42 Å². The van der Waals surface area contributed by atoms with Crippen molar-refractivity contribution in [1.82, 2.24) is 0 Å². The van der Waals surface area contributed by atoms with E-state index in [1.165, 1.54) is 6.26 Å². The average Bonchev–Trinajstić information content (AvgIpc) is 2.24. The third kappa shape index (κ3) is 6.94. The minimum atomic E-state index is -2.92. The van der Waals surface area contributed by atoms with Crippen LogP contribution in [0.25, 0.3) is 0 Å². The van der Waals surface area contributed by atoms with E-state index in [0.717, 1.165) is 22.2 Å². The molecular weight excluding hydrogens is 330 g/mol. The number of sulfone groups is 1. The van der Waals surface area contributed by atoms with Crippen molar-refractivity contribution in [3.8, 4) is 5.75 Å². The molecule has 4 nitrogen and oxygen atoms in total. The van der Waals surface area contributed by atoms with Gasteiger partial charge >= 0.3 is 0 Å². The van der Waals surface area contributed by atoms with E-state index in [2.05, 4.69) is 15.9 Å². The predicted molar refractivity (Wildman–Crippen MR) is 81.3 cm³/mol. The molecule has 0 radical (unpaired) electrons. The summed E-state index contributed by atoms with van der Waals surface area (Å²) < 4.78 is 28.7. The van der Waals surface area contributed by atoms with Gasteiger partial charge in [0.05, 0.1) is 12.4 Å². The number of hydrogen-bond donors (Lipinski definition) is 1. The Hall–Kier alpha value is -0.590. The minimum absolute atomic E-state index is 0.0488. The lowest BCUT2D eigenvalue weighted by Crippen LogP contribution is -2.18. The number of benzene rings is 1. The number of halogens is 1. The van der Waals surface area contributed by atoms with Crippen LogP contribution in [0.2, 0.25) is 0 Å². The van der Waals surface area contributed by atoms with Crippen LogP contribution in [-0.2, 0) is 16.3 Å². The molecule has 0 saturated heterocycles. The van der Waals surface area contributed by atoms with Gasteiger partial charge in [0, 0.05) is 16.8 Å². The normalized spacial score (nSPS) is 13.3. The van der Waals surface area contributed by atoms with Crippen molar-refractivity contribution < 1.29 is 13.2 Å². The highest BCUT2D eigenvalue weighted by Gasteiger charge is 2.08. The van der Waals surface area contributed by atoms with Gasteiger partial charge in [0.25, 0.3) is 0 Å². The summed E-state index contributed by atoms with van der Waals surface area (Å²) in [4.78, 5) is 0. The van der Waals surface area contributed by atoms with E-state index in [1.54, 1.807) is 0 Å². The van der Waals surface area contributed by atoms with Crippen molar-refractivity contribution in [2.45, 2.75) is 25.8 Å². The Morgan fingerprint density at radius 1 is 1.42 bits per heavy atom. The van der Waals surface area contributed by atoms with E-state index >= 15 is 0 Å². The Morgan fingerprint density at radius 2 is 2.11 bits per heavy atom. The second-order valence-corrected chi connectivity index (χ2v) is 7.94. The number of ether oxygens (including phenoxy) is 1. The third-order valence-electron chi connectivity index (χ3n) is 2.48. The maximum atomic E-state index is 11.0. The van der Waals surface area contributed by atoms with E-state index in [4.69, 9.17) is 10.5 Å². The summed E-state index contributed by atoms with van der Waals surface area (Å²) in [6.45, 7) is 2.33. The monoisotopic (exact) mass is 349 g/mol. The largest absolute Gasteiger partial charge is 0.493 e. The van der Waals surface area contributed by atoms with E-state index in [1.807, 2.05) is 25.1 Å². The topological polar surface area (TPSA) is 69.4 Å². The Balaban J connectivity index is 2.62. The first kappa shape index (κ1) is 16.5. The molecule has 19 heavy (non-hydrogen) atoms. The molecule has 0 fully saturated rings. The highest BCUT2D eigenvalue weighted by atomic mass is 79.9. The van der Waals surface area contributed by atoms with Gasteiger partial charge in [-0.15, -0.1) is 0 Å². The molecule has 0 bridgehead atoms. The Bertz CT molecular complexity index is 515. The van der Waals surface area contributed by atoms with Gasteiger partial charge < -0.3 is 10.5 Å². The summed E-state index contributed by atoms with van der Waals surface area (Å²) in [6.07, 6.45) is 2.45. The average molecular weight is 350 g/mol. The smallest absolute Gasteiger partial charge is 0.147 e. The quantitative estimate of drug-likeness (QED) is 0.765. The molecular formula is C13H20BrNO3S. The third-order valence-corrected chi connectivity index (χ3v) is 4.00. The maximum Gasteiger partial charge on any atom is 0.147 e. The SMILES string of the molecule is CC(N)Cc1cc(Br)ccc1OCCCS(C)(=O)=O. The standard InChI is InChI=1S/C13H20BrNO3S/c1-10(15)8-11-9-12(14)4-5-13(11)18-6-3-7-19(2,16)17/h4-5,9-10H,3,6-8,15H2,1-2H3. The van der Waals surface area contributed by atoms with Gasteiger partial charge in [-0.2, -0.15) is 0 Å². The first-order valence-electron chi connectivity index (χ1n) is 6.12. The van der Waals surface area contributed by atoms with Crippen molar-refractivity contribution >= 4 is 25.8 Å². The van der Waals surface area contributed by atoms with Crippen LogP contribution in [0, 0.1) is 0 Å². The lowest BCUT2D eigenvalue weighted by molar-refractivity contribution is 0.314. The number of rotatable bonds is 7. The van der Waals surface area contributed by atoms with Crippen molar-refractivity contribution in [1.29, 1.82) is 0 Å². The molecule has 108 valence electrons. The van der Waals surface area contributed by atoms with E-state index < -0.39 is 9.84 Å². The second kappa shape index (κ2) is 7.26. The van der Waals surface area contributed by atoms with Crippen LogP contribution in [-0.4, -0.2) is 33.1 Å². The van der Waals surface area contributed by atoms with Crippen LogP contribution in [0.1, 0.15) is 18.9 Å². The summed E-state index contributed by atoms with van der Waals surface area (Å²) in [5, 5.41) is 0. The van der Waals surface area contributed by atoms with Crippen LogP contribution in [0.3, 0.4) is 0 Å². The molecule has 0 aliphatic rings. The molecule has 1 atom stereocenters. The zero-order chi connectivity index (χ0) is 14.5. The second-order valence-electron chi connectivity index (χ2n) is 4.77. The van der Waals surface area contributed by atoms with Gasteiger partial charge in [-0.3, -0.25) is 0 Å². The van der Waals surface area contributed by atoms with Gasteiger partial charge in [0.2, 0.25) is 0 Å². The Kier molecular flexibility index (Phi) is 6.29. The predicted octanol–water partition coefficient (Wildman–Crippen LogP) is 2.15. The summed E-state index contributed by atoms with van der Waals surface area (Å²) in [5.74, 6) is 0.917. The highest BCUT2D eigenvalue weighted by molar-refractivity contribution is 9.10. The van der Waals surface area contributed by atoms with Crippen molar-refractivity contribution in [2.24, 2.45) is 5.73 Å². The first-order chi connectivity index (χ1) is 8.78. The lowest BCUT2D eigenvalue weighted by Gasteiger charge is -2.13. The minimum Gasteiger partial charge on any atom is -0.493 e. The summed E-state index contributed by atoms with van der Waals surface area (Å²) in [6, 6.07) is 5.81. The Labute approximate surface area is 123 Å². The summed E-state index contributed by atoms with van der Waals surface area (Å²) in [7, 11) is -2.92. The molecule has 2 N–H and O–H groups in total.